The van der Waals surface area contributed by atoms with Gasteiger partial charge < -0.3 is 10.1 Å². The fourth-order valence-electron chi connectivity index (χ4n) is 1.45. The molecule has 0 aliphatic carbocycles. The third kappa shape index (κ3) is 6.34. The van der Waals surface area contributed by atoms with Crippen LogP contribution >= 0.6 is 11.8 Å². The molecular weight excluding hydrogens is 298 g/mol. The second-order valence-corrected chi connectivity index (χ2v) is 6.28. The molecule has 0 saturated heterocycles. The Kier molecular flexibility index (Phi) is 6.49. The van der Waals surface area contributed by atoms with Crippen molar-refractivity contribution in [3.8, 4) is 12.1 Å². The molecule has 0 aromatic heterocycles. The van der Waals surface area contributed by atoms with Crippen LogP contribution in [0.3, 0.4) is 0 Å². The third-order valence-electron chi connectivity index (χ3n) is 2.24. The van der Waals surface area contributed by atoms with Gasteiger partial charge in [0.25, 0.3) is 0 Å². The maximum Gasteiger partial charge on any atom is 0.316 e. The van der Waals surface area contributed by atoms with E-state index < -0.39 is 11.6 Å². The topological polar surface area (TPSA) is 85.9 Å². The number of anilines is 1. The van der Waals surface area contributed by atoms with Gasteiger partial charge in [-0.05, 0) is 32.9 Å². The highest BCUT2D eigenvalue weighted by molar-refractivity contribution is 8.03. The molecule has 114 valence electrons. The van der Waals surface area contributed by atoms with Gasteiger partial charge in [-0.3, -0.25) is 4.79 Å². The highest BCUT2D eigenvalue weighted by Crippen LogP contribution is 2.23. The Labute approximate surface area is 134 Å². The predicted molar refractivity (Wildman–Crippen MR) is 86.6 cm³/mol. The molecule has 0 spiro atoms. The van der Waals surface area contributed by atoms with Gasteiger partial charge in [-0.25, -0.2) is 0 Å². The SMILES string of the molecule is CC(C)(C)OC(=O)CSC(Nc1ccccc1)=C(C#N)C#N. The summed E-state index contributed by atoms with van der Waals surface area (Å²) in [7, 11) is 0. The number of ether oxygens (including phenoxy) is 1. The number of nitriles is 2. The van der Waals surface area contributed by atoms with Gasteiger partial charge in [0, 0.05) is 5.69 Å². The molecule has 0 fully saturated rings. The van der Waals surface area contributed by atoms with E-state index in [-0.39, 0.29) is 11.3 Å². The van der Waals surface area contributed by atoms with Crippen LogP contribution in [0.1, 0.15) is 20.8 Å². The predicted octanol–water partition coefficient (Wildman–Crippen LogP) is 3.43. The Morgan fingerprint density at radius 3 is 2.32 bits per heavy atom. The van der Waals surface area contributed by atoms with Crippen LogP contribution in [0.25, 0.3) is 0 Å². The zero-order chi connectivity index (χ0) is 16.6. The molecule has 0 amide bonds. The fourth-order valence-corrected chi connectivity index (χ4v) is 2.20. The lowest BCUT2D eigenvalue weighted by Crippen LogP contribution is -2.25. The maximum atomic E-state index is 11.8. The van der Waals surface area contributed by atoms with Crippen LogP contribution in [-0.2, 0) is 9.53 Å². The Morgan fingerprint density at radius 1 is 1.23 bits per heavy atom. The number of carbonyl (C=O) groups excluding carboxylic acids is 1. The first kappa shape index (κ1) is 17.6. The summed E-state index contributed by atoms with van der Waals surface area (Å²) >= 11 is 1.07. The normalized spacial score (nSPS) is 10.0. The van der Waals surface area contributed by atoms with Crippen LogP contribution in [0.5, 0.6) is 0 Å². The second kappa shape index (κ2) is 8.11. The van der Waals surface area contributed by atoms with Gasteiger partial charge in [-0.2, -0.15) is 10.5 Å². The summed E-state index contributed by atoms with van der Waals surface area (Å²) < 4.78 is 5.21. The van der Waals surface area contributed by atoms with Crippen molar-refractivity contribution >= 4 is 23.4 Å². The van der Waals surface area contributed by atoms with Gasteiger partial charge in [-0.1, -0.05) is 30.0 Å². The van der Waals surface area contributed by atoms with E-state index in [9.17, 15) is 4.79 Å². The van der Waals surface area contributed by atoms with Crippen molar-refractivity contribution in [1.82, 2.24) is 0 Å². The zero-order valence-corrected chi connectivity index (χ0v) is 13.5. The van der Waals surface area contributed by atoms with E-state index in [2.05, 4.69) is 5.32 Å². The van der Waals surface area contributed by atoms with Gasteiger partial charge >= 0.3 is 5.97 Å². The molecule has 0 radical (unpaired) electrons. The van der Waals surface area contributed by atoms with E-state index >= 15 is 0 Å². The number of benzene rings is 1. The minimum absolute atomic E-state index is 0.0132. The molecule has 0 atom stereocenters. The van der Waals surface area contributed by atoms with Crippen LogP contribution in [0.15, 0.2) is 40.9 Å². The smallest absolute Gasteiger partial charge is 0.316 e. The number of allylic oxidation sites excluding steroid dienone is 1. The van der Waals surface area contributed by atoms with Gasteiger partial charge in [0.15, 0.2) is 5.57 Å². The Hall–Kier alpha value is -2.44. The van der Waals surface area contributed by atoms with Crippen LogP contribution < -0.4 is 5.32 Å². The molecule has 0 saturated carbocycles. The van der Waals surface area contributed by atoms with Gasteiger partial charge in [0.2, 0.25) is 0 Å². The Bertz CT molecular complexity index is 618. The maximum absolute atomic E-state index is 11.8. The lowest BCUT2D eigenvalue weighted by molar-refractivity contribution is -0.151. The van der Waals surface area contributed by atoms with Crippen LogP contribution in [0.4, 0.5) is 5.69 Å². The van der Waals surface area contributed by atoms with Crippen molar-refractivity contribution < 1.29 is 9.53 Å². The quantitative estimate of drug-likeness (QED) is 0.661. The molecule has 1 aromatic carbocycles. The number of esters is 1. The molecule has 5 nitrogen and oxygen atoms in total. The van der Waals surface area contributed by atoms with Crippen molar-refractivity contribution in [2.75, 3.05) is 11.1 Å². The van der Waals surface area contributed by atoms with Crippen molar-refractivity contribution in [1.29, 1.82) is 10.5 Å². The first-order valence-electron chi connectivity index (χ1n) is 6.57. The molecule has 0 unspecified atom stereocenters. The number of nitrogens with one attached hydrogen (secondary N) is 1. The molecule has 0 bridgehead atoms. The van der Waals surface area contributed by atoms with E-state index in [4.69, 9.17) is 15.3 Å². The minimum atomic E-state index is -0.568. The monoisotopic (exact) mass is 315 g/mol. The Morgan fingerprint density at radius 2 is 1.82 bits per heavy atom. The molecule has 1 N–H and O–H groups in total. The van der Waals surface area contributed by atoms with Crippen LogP contribution in [0.2, 0.25) is 0 Å². The average molecular weight is 315 g/mol. The largest absolute Gasteiger partial charge is 0.459 e. The average Bonchev–Trinajstić information content (AvgIpc) is 2.45. The van der Waals surface area contributed by atoms with Crippen molar-refractivity contribution in [2.24, 2.45) is 0 Å². The highest BCUT2D eigenvalue weighted by Gasteiger charge is 2.18. The summed E-state index contributed by atoms with van der Waals surface area (Å²) in [6.07, 6.45) is 0. The van der Waals surface area contributed by atoms with Crippen LogP contribution in [0, 0.1) is 22.7 Å². The number of carbonyl (C=O) groups is 1. The molecule has 0 aliphatic heterocycles. The molecule has 0 heterocycles. The molecular formula is C16H17N3O2S. The number of hydrogen-bond acceptors (Lipinski definition) is 6. The first-order valence-corrected chi connectivity index (χ1v) is 7.55. The number of hydrogen-bond donors (Lipinski definition) is 1. The Balaban J connectivity index is 2.82. The first-order chi connectivity index (χ1) is 10.4. The minimum Gasteiger partial charge on any atom is -0.459 e. The number of thioether (sulfide) groups is 1. The van der Waals surface area contributed by atoms with Gasteiger partial charge in [0.05, 0.1) is 5.75 Å². The lowest BCUT2D eigenvalue weighted by Gasteiger charge is -2.19. The van der Waals surface area contributed by atoms with E-state index in [1.54, 1.807) is 32.9 Å². The molecule has 1 aromatic rings. The molecule has 1 rings (SSSR count). The zero-order valence-electron chi connectivity index (χ0n) is 12.7. The van der Waals surface area contributed by atoms with E-state index in [1.165, 1.54) is 0 Å². The van der Waals surface area contributed by atoms with Crippen LogP contribution in [-0.4, -0.2) is 17.3 Å². The van der Waals surface area contributed by atoms with Crippen molar-refractivity contribution in [3.63, 3.8) is 0 Å². The number of para-hydroxylation sites is 1. The summed E-state index contributed by atoms with van der Waals surface area (Å²) in [5.41, 5.74) is 0.0939. The highest BCUT2D eigenvalue weighted by atomic mass is 32.2. The number of nitrogens with zero attached hydrogens (tertiary/aromatic N) is 2. The second-order valence-electron chi connectivity index (χ2n) is 5.29. The van der Waals surface area contributed by atoms with Gasteiger partial charge in [0.1, 0.15) is 22.8 Å². The molecule has 22 heavy (non-hydrogen) atoms. The van der Waals surface area contributed by atoms with E-state index in [0.717, 1.165) is 17.4 Å². The summed E-state index contributed by atoms with van der Waals surface area (Å²) in [6, 6.07) is 12.8. The summed E-state index contributed by atoms with van der Waals surface area (Å²) in [5, 5.41) is 21.4. The third-order valence-corrected chi connectivity index (χ3v) is 3.21. The van der Waals surface area contributed by atoms with E-state index in [1.807, 2.05) is 30.3 Å². The summed E-state index contributed by atoms with van der Waals surface area (Å²) in [6.45, 7) is 5.35. The molecule has 0 aliphatic rings. The van der Waals surface area contributed by atoms with Crippen molar-refractivity contribution in [3.05, 3.63) is 40.9 Å². The van der Waals surface area contributed by atoms with Crippen molar-refractivity contribution in [2.45, 2.75) is 26.4 Å². The lowest BCUT2D eigenvalue weighted by atomic mass is 10.2. The summed E-state index contributed by atoms with van der Waals surface area (Å²) in [5.74, 6) is -0.390. The molecule has 6 heteroatoms. The number of rotatable bonds is 5. The standard InChI is InChI=1S/C16H17N3O2S/c1-16(2,3)21-14(20)11-22-15(12(9-17)10-18)19-13-7-5-4-6-8-13/h4-8,19H,11H2,1-3H3. The summed E-state index contributed by atoms with van der Waals surface area (Å²) in [4.78, 5) is 11.8. The fraction of sp³-hybridized carbons (Fsp3) is 0.312. The van der Waals surface area contributed by atoms with E-state index in [0.29, 0.717) is 5.03 Å². The van der Waals surface area contributed by atoms with Gasteiger partial charge in [-0.15, -0.1) is 0 Å².